The molecule has 0 aliphatic rings. The summed E-state index contributed by atoms with van der Waals surface area (Å²) in [5.41, 5.74) is 9.00. The lowest BCUT2D eigenvalue weighted by atomic mass is 10.1. The molecule has 0 radical (unpaired) electrons. The SMILES string of the molecule is CCc1nccn1-c1c(C)cccc1N. The lowest BCUT2D eigenvalue weighted by Crippen LogP contribution is -2.04. The largest absolute Gasteiger partial charge is 0.397 e. The molecule has 0 fully saturated rings. The van der Waals surface area contributed by atoms with Crippen molar-refractivity contribution in [2.75, 3.05) is 5.73 Å². The predicted molar refractivity (Wildman–Crippen MR) is 62.1 cm³/mol. The average molecular weight is 201 g/mol. The van der Waals surface area contributed by atoms with Gasteiger partial charge in [-0.2, -0.15) is 0 Å². The third kappa shape index (κ3) is 1.61. The van der Waals surface area contributed by atoms with E-state index in [0.717, 1.165) is 23.6 Å². The molecule has 0 aliphatic heterocycles. The van der Waals surface area contributed by atoms with E-state index in [0.29, 0.717) is 0 Å². The normalized spacial score (nSPS) is 10.5. The zero-order chi connectivity index (χ0) is 10.8. The first-order valence-electron chi connectivity index (χ1n) is 5.11. The number of nitrogen functional groups attached to an aromatic ring is 1. The van der Waals surface area contributed by atoms with Crippen LogP contribution in [-0.4, -0.2) is 9.55 Å². The molecule has 0 aliphatic carbocycles. The van der Waals surface area contributed by atoms with E-state index in [2.05, 4.69) is 29.5 Å². The van der Waals surface area contributed by atoms with Gasteiger partial charge in [0.15, 0.2) is 0 Å². The van der Waals surface area contributed by atoms with Crippen molar-refractivity contribution in [1.29, 1.82) is 0 Å². The van der Waals surface area contributed by atoms with Crippen molar-refractivity contribution in [3.05, 3.63) is 42.0 Å². The van der Waals surface area contributed by atoms with E-state index in [1.807, 2.05) is 24.5 Å². The van der Waals surface area contributed by atoms with Gasteiger partial charge < -0.3 is 10.3 Å². The van der Waals surface area contributed by atoms with Crippen molar-refractivity contribution in [1.82, 2.24) is 9.55 Å². The van der Waals surface area contributed by atoms with Crippen LogP contribution in [0.2, 0.25) is 0 Å². The summed E-state index contributed by atoms with van der Waals surface area (Å²) in [6.07, 6.45) is 4.67. The van der Waals surface area contributed by atoms with E-state index in [-0.39, 0.29) is 0 Å². The molecule has 0 saturated heterocycles. The Labute approximate surface area is 89.6 Å². The van der Waals surface area contributed by atoms with Crippen LogP contribution >= 0.6 is 0 Å². The summed E-state index contributed by atoms with van der Waals surface area (Å²) in [5, 5.41) is 0. The molecule has 0 spiro atoms. The van der Waals surface area contributed by atoms with E-state index in [9.17, 15) is 0 Å². The number of rotatable bonds is 2. The molecule has 2 aromatic rings. The zero-order valence-electron chi connectivity index (χ0n) is 9.07. The minimum Gasteiger partial charge on any atom is -0.397 e. The summed E-state index contributed by atoms with van der Waals surface area (Å²) in [4.78, 5) is 4.30. The molecule has 2 rings (SSSR count). The number of nitrogens with zero attached hydrogens (tertiary/aromatic N) is 2. The van der Waals surface area contributed by atoms with E-state index in [1.165, 1.54) is 5.56 Å². The maximum absolute atomic E-state index is 5.99. The molecule has 1 heterocycles. The van der Waals surface area contributed by atoms with Gasteiger partial charge in [-0.05, 0) is 18.6 Å². The second kappa shape index (κ2) is 3.77. The molecule has 3 heteroatoms. The van der Waals surface area contributed by atoms with Gasteiger partial charge in [0, 0.05) is 18.8 Å². The fraction of sp³-hybridized carbons (Fsp3) is 0.250. The van der Waals surface area contributed by atoms with Gasteiger partial charge in [0.1, 0.15) is 5.82 Å². The summed E-state index contributed by atoms with van der Waals surface area (Å²) in [7, 11) is 0. The van der Waals surface area contributed by atoms with E-state index in [1.54, 1.807) is 0 Å². The number of aryl methyl sites for hydroxylation is 2. The van der Waals surface area contributed by atoms with Crippen LogP contribution in [0.25, 0.3) is 5.69 Å². The summed E-state index contributed by atoms with van der Waals surface area (Å²) in [6.45, 7) is 4.15. The molecule has 2 N–H and O–H groups in total. The van der Waals surface area contributed by atoms with Crippen LogP contribution in [0.3, 0.4) is 0 Å². The Hall–Kier alpha value is -1.77. The Morgan fingerprint density at radius 2 is 2.20 bits per heavy atom. The first-order chi connectivity index (χ1) is 7.24. The highest BCUT2D eigenvalue weighted by Gasteiger charge is 2.08. The quantitative estimate of drug-likeness (QED) is 0.758. The Morgan fingerprint density at radius 1 is 1.40 bits per heavy atom. The van der Waals surface area contributed by atoms with Gasteiger partial charge in [0.2, 0.25) is 0 Å². The van der Waals surface area contributed by atoms with Gasteiger partial charge in [0.05, 0.1) is 11.4 Å². The highest BCUT2D eigenvalue weighted by molar-refractivity contribution is 5.62. The Kier molecular flexibility index (Phi) is 2.46. The van der Waals surface area contributed by atoms with Crippen LogP contribution in [-0.2, 0) is 6.42 Å². The van der Waals surface area contributed by atoms with Crippen molar-refractivity contribution in [2.45, 2.75) is 20.3 Å². The van der Waals surface area contributed by atoms with Gasteiger partial charge in [-0.1, -0.05) is 19.1 Å². The van der Waals surface area contributed by atoms with Crippen molar-refractivity contribution in [3.8, 4) is 5.69 Å². The van der Waals surface area contributed by atoms with E-state index < -0.39 is 0 Å². The van der Waals surface area contributed by atoms with Crippen LogP contribution < -0.4 is 5.73 Å². The maximum Gasteiger partial charge on any atom is 0.112 e. The van der Waals surface area contributed by atoms with Crippen molar-refractivity contribution >= 4 is 5.69 Å². The average Bonchev–Trinajstić information content (AvgIpc) is 2.65. The fourth-order valence-corrected chi connectivity index (χ4v) is 1.81. The molecule has 1 aromatic carbocycles. The Balaban J connectivity index is 2.63. The molecular weight excluding hydrogens is 186 g/mol. The molecule has 1 aromatic heterocycles. The van der Waals surface area contributed by atoms with Gasteiger partial charge in [-0.15, -0.1) is 0 Å². The lowest BCUT2D eigenvalue weighted by molar-refractivity contribution is 0.888. The van der Waals surface area contributed by atoms with Gasteiger partial charge in [-0.25, -0.2) is 4.98 Å². The molecular formula is C12H15N3. The number of imidazole rings is 1. The highest BCUT2D eigenvalue weighted by atomic mass is 15.1. The van der Waals surface area contributed by atoms with Crippen LogP contribution in [0.15, 0.2) is 30.6 Å². The number of aromatic nitrogens is 2. The number of hydrogen-bond donors (Lipinski definition) is 1. The molecule has 0 amide bonds. The van der Waals surface area contributed by atoms with Gasteiger partial charge >= 0.3 is 0 Å². The summed E-state index contributed by atoms with van der Waals surface area (Å²) in [6, 6.07) is 5.95. The van der Waals surface area contributed by atoms with Crippen molar-refractivity contribution in [2.24, 2.45) is 0 Å². The van der Waals surface area contributed by atoms with Crippen LogP contribution in [0.4, 0.5) is 5.69 Å². The fourth-order valence-electron chi connectivity index (χ4n) is 1.81. The molecule has 0 atom stereocenters. The maximum atomic E-state index is 5.99. The van der Waals surface area contributed by atoms with Gasteiger partial charge in [0.25, 0.3) is 0 Å². The molecule has 15 heavy (non-hydrogen) atoms. The summed E-state index contributed by atoms with van der Waals surface area (Å²) in [5.74, 6) is 1.04. The first-order valence-corrected chi connectivity index (χ1v) is 5.11. The smallest absolute Gasteiger partial charge is 0.112 e. The molecule has 0 saturated carbocycles. The Bertz CT molecular complexity index is 451. The number of hydrogen-bond acceptors (Lipinski definition) is 2. The Morgan fingerprint density at radius 3 is 2.87 bits per heavy atom. The highest BCUT2D eigenvalue weighted by Crippen LogP contribution is 2.22. The monoisotopic (exact) mass is 201 g/mol. The van der Waals surface area contributed by atoms with Crippen LogP contribution in [0, 0.1) is 6.92 Å². The van der Waals surface area contributed by atoms with E-state index >= 15 is 0 Å². The standard InChI is InChI=1S/C12H15N3/c1-3-11-14-7-8-15(11)12-9(2)5-4-6-10(12)13/h4-8H,3,13H2,1-2H3. The lowest BCUT2D eigenvalue weighted by Gasteiger charge is -2.12. The first kappa shape index (κ1) is 9.77. The van der Waals surface area contributed by atoms with Crippen LogP contribution in [0.1, 0.15) is 18.3 Å². The van der Waals surface area contributed by atoms with E-state index in [4.69, 9.17) is 5.73 Å². The number of nitrogens with two attached hydrogens (primary N) is 1. The molecule has 0 unspecified atom stereocenters. The summed E-state index contributed by atoms with van der Waals surface area (Å²) < 4.78 is 2.06. The zero-order valence-corrected chi connectivity index (χ0v) is 9.07. The second-order valence-corrected chi connectivity index (χ2v) is 3.58. The number of para-hydroxylation sites is 1. The summed E-state index contributed by atoms with van der Waals surface area (Å²) >= 11 is 0. The second-order valence-electron chi connectivity index (χ2n) is 3.58. The third-order valence-corrected chi connectivity index (χ3v) is 2.54. The third-order valence-electron chi connectivity index (χ3n) is 2.54. The molecule has 0 bridgehead atoms. The van der Waals surface area contributed by atoms with Crippen molar-refractivity contribution in [3.63, 3.8) is 0 Å². The van der Waals surface area contributed by atoms with Crippen LogP contribution in [0.5, 0.6) is 0 Å². The molecule has 78 valence electrons. The van der Waals surface area contributed by atoms with Crippen molar-refractivity contribution < 1.29 is 0 Å². The predicted octanol–water partition coefficient (Wildman–Crippen LogP) is 2.33. The topological polar surface area (TPSA) is 43.8 Å². The minimum absolute atomic E-state index is 0.794. The number of benzene rings is 1. The molecule has 3 nitrogen and oxygen atoms in total. The minimum atomic E-state index is 0.794. The van der Waals surface area contributed by atoms with Gasteiger partial charge in [-0.3, -0.25) is 0 Å². The number of anilines is 1.